The van der Waals surface area contributed by atoms with Crippen LogP contribution in [0.25, 0.3) is 0 Å². The molecular formula is C35H33NO6S. The smallest absolute Gasteiger partial charge is 0.262 e. The minimum Gasteiger partial charge on any atom is -0.388 e. The Morgan fingerprint density at radius 3 is 1.93 bits per heavy atom. The molecule has 0 bridgehead atoms. The van der Waals surface area contributed by atoms with Gasteiger partial charge in [0.25, 0.3) is 11.8 Å². The Labute approximate surface area is 255 Å². The summed E-state index contributed by atoms with van der Waals surface area (Å²) in [5.41, 5.74) is 2.94. The van der Waals surface area contributed by atoms with Gasteiger partial charge in [0.2, 0.25) is 0 Å². The third-order valence-electron chi connectivity index (χ3n) is 7.72. The van der Waals surface area contributed by atoms with E-state index in [1.807, 2.05) is 91.9 Å². The maximum absolute atomic E-state index is 13.8. The monoisotopic (exact) mass is 595 g/mol. The predicted octanol–water partition coefficient (Wildman–Crippen LogP) is 5.64. The van der Waals surface area contributed by atoms with E-state index in [4.69, 9.17) is 14.2 Å². The van der Waals surface area contributed by atoms with E-state index in [1.165, 1.54) is 16.7 Å². The normalized spacial score (nSPS) is 23.4. The number of thioether (sulfide) groups is 1. The highest BCUT2D eigenvalue weighted by Crippen LogP contribution is 2.40. The van der Waals surface area contributed by atoms with Gasteiger partial charge in [-0.3, -0.25) is 14.5 Å². The summed E-state index contributed by atoms with van der Waals surface area (Å²) in [6.07, 6.45) is -2.88. The first-order valence-corrected chi connectivity index (χ1v) is 15.2. The Kier molecular flexibility index (Phi) is 9.02. The molecule has 5 atom stereocenters. The van der Waals surface area contributed by atoms with Crippen LogP contribution >= 0.6 is 11.8 Å². The quantitative estimate of drug-likeness (QED) is 0.238. The average Bonchev–Trinajstić information content (AvgIpc) is 3.29. The summed E-state index contributed by atoms with van der Waals surface area (Å²) in [6.45, 7) is 2.64. The zero-order valence-electron chi connectivity index (χ0n) is 23.7. The SMILES string of the molecule is Cc1ccc(S[C@@H]2O[C@H](COCc3ccccc3)[C@@H](O)[C@H](OCc3ccccc3)[C@H]2N2C(=O)c3ccccc3C2=O)cc1. The van der Waals surface area contributed by atoms with Crippen molar-refractivity contribution in [2.45, 2.75) is 54.8 Å². The molecule has 43 heavy (non-hydrogen) atoms. The molecular weight excluding hydrogens is 562 g/mol. The van der Waals surface area contributed by atoms with Crippen molar-refractivity contribution in [1.29, 1.82) is 0 Å². The summed E-state index contributed by atoms with van der Waals surface area (Å²) in [6, 6.07) is 33.2. The van der Waals surface area contributed by atoms with Gasteiger partial charge in [-0.15, -0.1) is 0 Å². The van der Waals surface area contributed by atoms with Crippen LogP contribution in [-0.4, -0.2) is 58.2 Å². The van der Waals surface area contributed by atoms with Gasteiger partial charge in [0, 0.05) is 4.90 Å². The molecule has 4 aromatic rings. The first-order chi connectivity index (χ1) is 21.0. The minimum absolute atomic E-state index is 0.0983. The number of aryl methyl sites for hydroxylation is 1. The summed E-state index contributed by atoms with van der Waals surface area (Å²) in [7, 11) is 0. The van der Waals surface area contributed by atoms with Crippen molar-refractivity contribution in [3.63, 3.8) is 0 Å². The zero-order valence-corrected chi connectivity index (χ0v) is 24.6. The second-order valence-electron chi connectivity index (χ2n) is 10.7. The summed E-state index contributed by atoms with van der Waals surface area (Å²) in [5, 5.41) is 11.8. The van der Waals surface area contributed by atoms with Crippen LogP contribution in [0.4, 0.5) is 0 Å². The number of imide groups is 1. The molecule has 1 fully saturated rings. The molecule has 220 valence electrons. The van der Waals surface area contributed by atoms with Gasteiger partial charge in [0.15, 0.2) is 0 Å². The van der Waals surface area contributed by atoms with Crippen LogP contribution in [0.1, 0.15) is 37.4 Å². The van der Waals surface area contributed by atoms with Crippen molar-refractivity contribution < 1.29 is 28.9 Å². The molecule has 0 saturated carbocycles. The van der Waals surface area contributed by atoms with Crippen molar-refractivity contribution in [2.24, 2.45) is 0 Å². The Balaban J connectivity index is 1.33. The van der Waals surface area contributed by atoms with Crippen molar-refractivity contribution in [3.8, 4) is 0 Å². The van der Waals surface area contributed by atoms with E-state index in [0.717, 1.165) is 21.6 Å². The van der Waals surface area contributed by atoms with Crippen LogP contribution < -0.4 is 0 Å². The van der Waals surface area contributed by atoms with E-state index in [-0.39, 0.29) is 13.2 Å². The Morgan fingerprint density at radius 2 is 1.33 bits per heavy atom. The van der Waals surface area contributed by atoms with Crippen LogP contribution in [0.5, 0.6) is 0 Å². The molecule has 6 rings (SSSR count). The Morgan fingerprint density at radius 1 is 0.767 bits per heavy atom. The first-order valence-electron chi connectivity index (χ1n) is 14.3. The lowest BCUT2D eigenvalue weighted by Crippen LogP contribution is -2.65. The molecule has 2 aliphatic rings. The number of hydrogen-bond acceptors (Lipinski definition) is 7. The Hall–Kier alpha value is -3.79. The lowest BCUT2D eigenvalue weighted by molar-refractivity contribution is -0.205. The second kappa shape index (κ2) is 13.2. The second-order valence-corrected chi connectivity index (χ2v) is 11.9. The fourth-order valence-corrected chi connectivity index (χ4v) is 6.64. The molecule has 2 heterocycles. The van der Waals surface area contributed by atoms with E-state index in [0.29, 0.717) is 17.7 Å². The van der Waals surface area contributed by atoms with Gasteiger partial charge in [-0.1, -0.05) is 102 Å². The predicted molar refractivity (Wildman–Crippen MR) is 164 cm³/mol. The van der Waals surface area contributed by atoms with Crippen LogP contribution in [-0.2, 0) is 27.4 Å². The molecule has 0 unspecified atom stereocenters. The fraction of sp³-hybridized carbons (Fsp3) is 0.257. The van der Waals surface area contributed by atoms with Gasteiger partial charge >= 0.3 is 0 Å². The maximum Gasteiger partial charge on any atom is 0.262 e. The molecule has 0 spiro atoms. The van der Waals surface area contributed by atoms with Gasteiger partial charge in [-0.05, 0) is 42.3 Å². The van der Waals surface area contributed by atoms with Gasteiger partial charge in [-0.2, -0.15) is 0 Å². The molecule has 2 aliphatic heterocycles. The highest BCUT2D eigenvalue weighted by Gasteiger charge is 2.54. The van der Waals surface area contributed by atoms with Crippen LogP contribution in [0.3, 0.4) is 0 Å². The number of carbonyl (C=O) groups excluding carboxylic acids is 2. The number of amides is 2. The lowest BCUT2D eigenvalue weighted by Gasteiger charge is -2.47. The summed E-state index contributed by atoms with van der Waals surface area (Å²) < 4.78 is 19.0. The third-order valence-corrected chi connectivity index (χ3v) is 8.88. The molecule has 1 saturated heterocycles. The molecule has 0 aromatic heterocycles. The van der Waals surface area contributed by atoms with Crippen LogP contribution in [0, 0.1) is 6.92 Å². The summed E-state index contributed by atoms with van der Waals surface area (Å²) >= 11 is 1.40. The topological polar surface area (TPSA) is 85.3 Å². The van der Waals surface area contributed by atoms with E-state index < -0.39 is 41.6 Å². The maximum atomic E-state index is 13.8. The lowest BCUT2D eigenvalue weighted by atomic mass is 9.96. The molecule has 1 N–H and O–H groups in total. The van der Waals surface area contributed by atoms with E-state index in [2.05, 4.69) is 0 Å². The number of nitrogens with zero attached hydrogens (tertiary/aromatic N) is 1. The molecule has 2 amide bonds. The van der Waals surface area contributed by atoms with Gasteiger partial charge in [0.05, 0.1) is 30.9 Å². The number of ether oxygens (including phenoxy) is 3. The number of aliphatic hydroxyl groups is 1. The van der Waals surface area contributed by atoms with Crippen LogP contribution in [0.15, 0.2) is 114 Å². The molecule has 7 nitrogen and oxygen atoms in total. The van der Waals surface area contributed by atoms with Crippen molar-refractivity contribution >= 4 is 23.6 Å². The average molecular weight is 596 g/mol. The standard InChI is InChI=1S/C35H33NO6S/c1-23-16-18-26(19-17-23)43-35-30(36-33(38)27-14-8-9-15-28(27)34(36)39)32(41-21-25-12-6-3-7-13-25)31(37)29(42-35)22-40-20-24-10-4-2-5-11-24/h2-19,29-32,35,37H,20-22H2,1H3/t29-,30-,31-,32-,35+/m1/s1. The number of benzene rings is 4. The molecule has 4 aromatic carbocycles. The highest BCUT2D eigenvalue weighted by atomic mass is 32.2. The van der Waals surface area contributed by atoms with E-state index in [9.17, 15) is 14.7 Å². The molecule has 0 aliphatic carbocycles. The number of carbonyl (C=O) groups is 2. The number of aliphatic hydroxyl groups excluding tert-OH is 1. The largest absolute Gasteiger partial charge is 0.388 e. The highest BCUT2D eigenvalue weighted by molar-refractivity contribution is 7.99. The van der Waals surface area contributed by atoms with Gasteiger partial charge in [-0.25, -0.2) is 0 Å². The van der Waals surface area contributed by atoms with E-state index in [1.54, 1.807) is 24.3 Å². The zero-order chi connectivity index (χ0) is 29.8. The van der Waals surface area contributed by atoms with Crippen molar-refractivity contribution in [3.05, 3.63) is 137 Å². The van der Waals surface area contributed by atoms with Crippen LogP contribution in [0.2, 0.25) is 0 Å². The minimum atomic E-state index is -1.18. The third kappa shape index (κ3) is 6.44. The van der Waals surface area contributed by atoms with Gasteiger partial charge in [0.1, 0.15) is 29.8 Å². The summed E-state index contributed by atoms with van der Waals surface area (Å²) in [5.74, 6) is -0.856. The number of fused-ring (bicyclic) bond motifs is 1. The first kappa shape index (κ1) is 29.3. The number of rotatable bonds is 10. The summed E-state index contributed by atoms with van der Waals surface area (Å²) in [4.78, 5) is 29.6. The van der Waals surface area contributed by atoms with Crippen molar-refractivity contribution in [1.82, 2.24) is 4.90 Å². The molecule has 8 heteroatoms. The Bertz CT molecular complexity index is 1510. The fourth-order valence-electron chi connectivity index (χ4n) is 5.47. The molecule has 0 radical (unpaired) electrons. The van der Waals surface area contributed by atoms with Gasteiger partial charge < -0.3 is 19.3 Å². The van der Waals surface area contributed by atoms with Crippen molar-refractivity contribution in [2.75, 3.05) is 6.61 Å². The van der Waals surface area contributed by atoms with E-state index >= 15 is 0 Å². The number of hydrogen-bond donors (Lipinski definition) is 1.